The summed E-state index contributed by atoms with van der Waals surface area (Å²) in [5, 5.41) is 0. The van der Waals surface area contributed by atoms with Gasteiger partial charge in [0.25, 0.3) is 0 Å². The van der Waals surface area contributed by atoms with E-state index in [4.69, 9.17) is 4.74 Å². The lowest BCUT2D eigenvalue weighted by Gasteiger charge is -2.47. The first-order valence-corrected chi connectivity index (χ1v) is 6.77. The summed E-state index contributed by atoms with van der Waals surface area (Å²) in [7, 11) is 1.70. The van der Waals surface area contributed by atoms with Gasteiger partial charge in [0.1, 0.15) is 11.5 Å². The largest absolute Gasteiger partial charge is 0.496 e. The monoisotopic (exact) mass is 246 g/mol. The second kappa shape index (κ2) is 4.75. The molecule has 0 spiro atoms. The van der Waals surface area contributed by atoms with Crippen molar-refractivity contribution in [2.24, 2.45) is 5.41 Å². The molecule has 2 rings (SSSR count). The molecule has 0 aliphatic heterocycles. The normalized spacial score (nSPS) is 21.6. The second-order valence-electron chi connectivity index (χ2n) is 5.29. The van der Waals surface area contributed by atoms with Gasteiger partial charge in [-0.3, -0.25) is 4.79 Å². The molecule has 0 bridgehead atoms. The van der Waals surface area contributed by atoms with Gasteiger partial charge in [-0.2, -0.15) is 0 Å². The minimum Gasteiger partial charge on any atom is -0.496 e. The summed E-state index contributed by atoms with van der Waals surface area (Å²) in [6.45, 7) is 6.33. The Hall–Kier alpha value is -1.31. The molecule has 0 amide bonds. The highest BCUT2D eigenvalue weighted by atomic mass is 16.5. The van der Waals surface area contributed by atoms with Crippen LogP contribution in [0.5, 0.6) is 5.75 Å². The number of hydrogen-bond donors (Lipinski definition) is 0. The van der Waals surface area contributed by atoms with Crippen LogP contribution < -0.4 is 4.74 Å². The maximum Gasteiger partial charge on any atom is 0.140 e. The quantitative estimate of drug-likeness (QED) is 0.806. The number of hydrogen-bond acceptors (Lipinski definition) is 2. The van der Waals surface area contributed by atoms with Crippen molar-refractivity contribution in [3.63, 3.8) is 0 Å². The molecule has 0 N–H and O–H groups in total. The van der Waals surface area contributed by atoms with E-state index in [0.717, 1.165) is 18.6 Å². The molecule has 1 saturated carbocycles. The Morgan fingerprint density at radius 1 is 1.33 bits per heavy atom. The Balaban J connectivity index is 2.43. The highest BCUT2D eigenvalue weighted by Gasteiger charge is 2.53. The molecule has 0 aromatic heterocycles. The number of carbonyl (C=O) groups is 1. The fourth-order valence-corrected chi connectivity index (χ4v) is 3.32. The third-order valence-corrected chi connectivity index (χ3v) is 4.63. The zero-order valence-corrected chi connectivity index (χ0v) is 11.7. The van der Waals surface area contributed by atoms with Crippen molar-refractivity contribution in [3.8, 4) is 5.75 Å². The van der Waals surface area contributed by atoms with E-state index >= 15 is 0 Å². The van der Waals surface area contributed by atoms with E-state index in [0.29, 0.717) is 18.1 Å². The molecule has 1 aromatic rings. The summed E-state index contributed by atoms with van der Waals surface area (Å²) >= 11 is 0. The number of benzene rings is 1. The van der Waals surface area contributed by atoms with Crippen molar-refractivity contribution in [1.29, 1.82) is 0 Å². The van der Waals surface area contributed by atoms with Gasteiger partial charge in [-0.15, -0.1) is 0 Å². The average molecular weight is 246 g/mol. The number of rotatable bonds is 4. The van der Waals surface area contributed by atoms with Gasteiger partial charge in [0.15, 0.2) is 0 Å². The van der Waals surface area contributed by atoms with Crippen LogP contribution >= 0.6 is 0 Å². The van der Waals surface area contributed by atoms with E-state index in [1.807, 2.05) is 6.07 Å². The molecular weight excluding hydrogens is 224 g/mol. The van der Waals surface area contributed by atoms with Crippen LogP contribution in [-0.4, -0.2) is 12.9 Å². The Morgan fingerprint density at radius 3 is 2.50 bits per heavy atom. The highest BCUT2D eigenvalue weighted by molar-refractivity contribution is 5.93. The van der Waals surface area contributed by atoms with Crippen LogP contribution in [0, 0.1) is 12.3 Å². The maximum atomic E-state index is 12.0. The van der Waals surface area contributed by atoms with Gasteiger partial charge >= 0.3 is 0 Å². The summed E-state index contributed by atoms with van der Waals surface area (Å²) < 4.78 is 5.46. The third kappa shape index (κ3) is 1.75. The SMILES string of the molecule is CCC1(CC)C(=O)CC1c1cc(C)ccc1OC. The van der Waals surface area contributed by atoms with Crippen molar-refractivity contribution in [3.05, 3.63) is 29.3 Å². The number of carbonyl (C=O) groups excluding carboxylic acids is 1. The van der Waals surface area contributed by atoms with Crippen molar-refractivity contribution in [2.45, 2.75) is 46.0 Å². The molecule has 1 fully saturated rings. The smallest absolute Gasteiger partial charge is 0.140 e. The zero-order valence-electron chi connectivity index (χ0n) is 11.7. The summed E-state index contributed by atoms with van der Waals surface area (Å²) in [6, 6.07) is 6.25. The lowest BCUT2D eigenvalue weighted by atomic mass is 9.54. The number of Topliss-reactive ketones (excluding diaryl/α,β-unsaturated/α-hetero) is 1. The molecule has 1 aliphatic carbocycles. The summed E-state index contributed by atoms with van der Waals surface area (Å²) in [6.07, 6.45) is 2.51. The Morgan fingerprint density at radius 2 is 2.00 bits per heavy atom. The molecule has 2 heteroatoms. The van der Waals surface area contributed by atoms with E-state index < -0.39 is 0 Å². The minimum atomic E-state index is -0.152. The van der Waals surface area contributed by atoms with E-state index in [-0.39, 0.29) is 5.41 Å². The first-order valence-electron chi connectivity index (χ1n) is 6.77. The predicted octanol–water partition coefficient (Wildman–Crippen LogP) is 3.87. The van der Waals surface area contributed by atoms with Crippen LogP contribution in [0.1, 0.15) is 50.2 Å². The Labute approximate surface area is 109 Å². The Bertz CT molecular complexity index is 458. The summed E-state index contributed by atoms with van der Waals surface area (Å²) in [5.41, 5.74) is 2.29. The van der Waals surface area contributed by atoms with Crippen molar-refractivity contribution >= 4 is 5.78 Å². The first-order chi connectivity index (χ1) is 8.58. The van der Waals surface area contributed by atoms with Gasteiger partial charge in [-0.05, 0) is 31.4 Å². The predicted molar refractivity (Wildman–Crippen MR) is 73.1 cm³/mol. The van der Waals surface area contributed by atoms with Crippen LogP contribution in [-0.2, 0) is 4.79 Å². The average Bonchev–Trinajstić information content (AvgIpc) is 2.37. The van der Waals surface area contributed by atoms with Crippen LogP contribution in [0.25, 0.3) is 0 Å². The molecule has 1 aliphatic rings. The third-order valence-electron chi connectivity index (χ3n) is 4.63. The van der Waals surface area contributed by atoms with Crippen LogP contribution in [0.15, 0.2) is 18.2 Å². The minimum absolute atomic E-state index is 0.152. The van der Waals surface area contributed by atoms with Gasteiger partial charge in [0.05, 0.1) is 7.11 Å². The van der Waals surface area contributed by atoms with Crippen LogP contribution in [0.4, 0.5) is 0 Å². The molecule has 98 valence electrons. The standard InChI is InChI=1S/C16H22O2/c1-5-16(6-2)13(10-15(16)17)12-9-11(3)7-8-14(12)18-4/h7-9,13H,5-6,10H2,1-4H3. The maximum absolute atomic E-state index is 12.0. The van der Waals surface area contributed by atoms with E-state index in [1.165, 1.54) is 11.1 Å². The number of ether oxygens (including phenoxy) is 1. The van der Waals surface area contributed by atoms with E-state index in [9.17, 15) is 4.79 Å². The zero-order chi connectivity index (χ0) is 13.3. The number of aryl methyl sites for hydroxylation is 1. The van der Waals surface area contributed by atoms with E-state index in [1.54, 1.807) is 7.11 Å². The molecule has 1 unspecified atom stereocenters. The van der Waals surface area contributed by atoms with Crippen molar-refractivity contribution < 1.29 is 9.53 Å². The van der Waals surface area contributed by atoms with Gasteiger partial charge in [0, 0.05) is 17.8 Å². The van der Waals surface area contributed by atoms with Crippen molar-refractivity contribution in [2.75, 3.05) is 7.11 Å². The fraction of sp³-hybridized carbons (Fsp3) is 0.562. The molecule has 2 nitrogen and oxygen atoms in total. The molecule has 0 saturated heterocycles. The number of ketones is 1. The fourth-order valence-electron chi connectivity index (χ4n) is 3.32. The summed E-state index contributed by atoms with van der Waals surface area (Å²) in [4.78, 5) is 12.0. The molecule has 1 atom stereocenters. The van der Waals surface area contributed by atoms with Gasteiger partial charge < -0.3 is 4.74 Å². The topological polar surface area (TPSA) is 26.3 Å². The molecule has 0 heterocycles. The van der Waals surface area contributed by atoms with E-state index in [2.05, 4.69) is 32.9 Å². The Kier molecular flexibility index (Phi) is 3.47. The molecular formula is C16H22O2. The lowest BCUT2D eigenvalue weighted by Crippen LogP contribution is -2.47. The van der Waals surface area contributed by atoms with Gasteiger partial charge in [0.2, 0.25) is 0 Å². The molecule has 0 radical (unpaired) electrons. The molecule has 1 aromatic carbocycles. The first kappa shape index (κ1) is 13.1. The van der Waals surface area contributed by atoms with Crippen LogP contribution in [0.3, 0.4) is 0 Å². The molecule has 18 heavy (non-hydrogen) atoms. The highest BCUT2D eigenvalue weighted by Crippen LogP contribution is 2.56. The lowest BCUT2D eigenvalue weighted by molar-refractivity contribution is -0.141. The number of methoxy groups -OCH3 is 1. The van der Waals surface area contributed by atoms with Crippen LogP contribution in [0.2, 0.25) is 0 Å². The summed E-state index contributed by atoms with van der Waals surface area (Å²) in [5.74, 6) is 1.67. The van der Waals surface area contributed by atoms with Gasteiger partial charge in [-0.1, -0.05) is 31.5 Å². The second-order valence-corrected chi connectivity index (χ2v) is 5.29. The van der Waals surface area contributed by atoms with Gasteiger partial charge in [-0.25, -0.2) is 0 Å². The van der Waals surface area contributed by atoms with Crippen molar-refractivity contribution in [1.82, 2.24) is 0 Å².